The van der Waals surface area contributed by atoms with Gasteiger partial charge in [0.1, 0.15) is 5.02 Å². The predicted molar refractivity (Wildman–Crippen MR) is 65.2 cm³/mol. The van der Waals surface area contributed by atoms with Crippen LogP contribution in [-0.2, 0) is 0 Å². The first-order valence-corrected chi connectivity index (χ1v) is 5.51. The maximum Gasteiger partial charge on any atom is 0.407 e. The minimum atomic E-state index is -2.75. The SMILES string of the molecule is [2H]c1nc(N[C@H]2CCN(C(=O)O)C2)nc(OC([2H])([2H])[2H])c1Cl. The molecular weight excluding hydrogens is 260 g/mol. The topological polar surface area (TPSA) is 87.6 Å². The Bertz CT molecular complexity index is 586. The molecule has 1 saturated heterocycles. The Morgan fingerprint density at radius 2 is 2.72 bits per heavy atom. The molecule has 0 radical (unpaired) electrons. The van der Waals surface area contributed by atoms with Gasteiger partial charge in [0.2, 0.25) is 11.8 Å². The second-order valence-corrected chi connectivity index (χ2v) is 4.12. The Kier molecular flexibility index (Phi) is 2.44. The van der Waals surface area contributed by atoms with Crippen molar-refractivity contribution in [1.29, 1.82) is 0 Å². The van der Waals surface area contributed by atoms with Crippen molar-refractivity contribution in [2.75, 3.05) is 25.4 Å². The van der Waals surface area contributed by atoms with Crippen molar-refractivity contribution in [3.05, 3.63) is 11.2 Å². The van der Waals surface area contributed by atoms with Crippen LogP contribution in [0.25, 0.3) is 0 Å². The molecule has 1 aliphatic heterocycles. The Morgan fingerprint density at radius 3 is 3.39 bits per heavy atom. The van der Waals surface area contributed by atoms with E-state index in [0.717, 1.165) is 0 Å². The third-order valence-corrected chi connectivity index (χ3v) is 2.79. The second kappa shape index (κ2) is 5.26. The van der Waals surface area contributed by atoms with Crippen LogP contribution in [0.1, 0.15) is 11.9 Å². The summed E-state index contributed by atoms with van der Waals surface area (Å²) >= 11 is 5.75. The van der Waals surface area contributed by atoms with E-state index in [1.54, 1.807) is 0 Å². The van der Waals surface area contributed by atoms with Gasteiger partial charge in [0.25, 0.3) is 0 Å². The summed E-state index contributed by atoms with van der Waals surface area (Å²) in [4.78, 5) is 19.7. The number of hydrogen-bond acceptors (Lipinski definition) is 5. The number of rotatable bonds is 3. The number of methoxy groups -OCH3 is 1. The van der Waals surface area contributed by atoms with E-state index in [4.69, 9.17) is 22.2 Å². The number of nitrogens with zero attached hydrogens (tertiary/aromatic N) is 3. The van der Waals surface area contributed by atoms with Crippen LogP contribution in [0.15, 0.2) is 6.17 Å². The highest BCUT2D eigenvalue weighted by atomic mass is 35.5. The molecule has 98 valence electrons. The summed E-state index contributed by atoms with van der Waals surface area (Å²) in [6, 6.07) is -0.239. The molecule has 18 heavy (non-hydrogen) atoms. The van der Waals surface area contributed by atoms with Gasteiger partial charge in [-0.05, 0) is 6.42 Å². The quantitative estimate of drug-likeness (QED) is 0.865. The summed E-state index contributed by atoms with van der Waals surface area (Å²) < 4.78 is 33.4. The highest BCUT2D eigenvalue weighted by Gasteiger charge is 2.26. The highest BCUT2D eigenvalue weighted by Crippen LogP contribution is 2.22. The molecule has 8 heteroatoms. The number of likely N-dealkylation sites (tertiary alicyclic amines) is 1. The van der Waals surface area contributed by atoms with Crippen molar-refractivity contribution in [1.82, 2.24) is 14.9 Å². The van der Waals surface area contributed by atoms with E-state index in [1.165, 1.54) is 4.90 Å². The number of aromatic nitrogens is 2. The Morgan fingerprint density at radius 1 is 1.89 bits per heavy atom. The molecule has 0 aliphatic carbocycles. The number of nitrogens with one attached hydrogen (secondary N) is 1. The van der Waals surface area contributed by atoms with E-state index in [9.17, 15) is 4.79 Å². The fourth-order valence-corrected chi connectivity index (χ4v) is 1.81. The third kappa shape index (κ3) is 2.73. The molecule has 7 nitrogen and oxygen atoms in total. The zero-order valence-electron chi connectivity index (χ0n) is 13.2. The van der Waals surface area contributed by atoms with Crippen LogP contribution in [0.3, 0.4) is 0 Å². The fraction of sp³-hybridized carbons (Fsp3) is 0.500. The summed E-state index contributed by atoms with van der Waals surface area (Å²) in [5, 5.41) is 11.4. The summed E-state index contributed by atoms with van der Waals surface area (Å²) in [7, 11) is -2.75. The number of anilines is 1. The van der Waals surface area contributed by atoms with Gasteiger partial charge in [-0.25, -0.2) is 9.78 Å². The van der Waals surface area contributed by atoms with E-state index in [1.807, 2.05) is 0 Å². The normalized spacial score (nSPS) is 22.7. The second-order valence-electron chi connectivity index (χ2n) is 3.74. The first kappa shape index (κ1) is 8.36. The molecule has 1 amide bonds. The van der Waals surface area contributed by atoms with Gasteiger partial charge < -0.3 is 20.1 Å². The molecule has 1 atom stereocenters. The van der Waals surface area contributed by atoms with E-state index >= 15 is 0 Å². The van der Waals surface area contributed by atoms with E-state index in [-0.39, 0.29) is 29.7 Å². The fourth-order valence-electron chi connectivity index (χ4n) is 1.69. The molecule has 1 aliphatic rings. The van der Waals surface area contributed by atoms with Gasteiger partial charge in [-0.15, -0.1) is 0 Å². The molecule has 2 rings (SSSR count). The van der Waals surface area contributed by atoms with Crippen LogP contribution in [0.5, 0.6) is 5.88 Å². The number of amides is 1. The first-order valence-electron chi connectivity index (χ1n) is 7.13. The average molecular weight is 277 g/mol. The molecule has 1 fully saturated rings. The molecule has 0 saturated carbocycles. The van der Waals surface area contributed by atoms with Crippen LogP contribution < -0.4 is 10.1 Å². The van der Waals surface area contributed by atoms with E-state index in [0.29, 0.717) is 13.0 Å². The zero-order chi connectivity index (χ0) is 16.5. The van der Waals surface area contributed by atoms with Crippen molar-refractivity contribution in [3.8, 4) is 5.88 Å². The van der Waals surface area contributed by atoms with Crippen LogP contribution in [-0.4, -0.2) is 52.2 Å². The largest absolute Gasteiger partial charge is 0.480 e. The van der Waals surface area contributed by atoms with Gasteiger partial charge in [0.05, 0.1) is 18.7 Å². The zero-order valence-corrected chi connectivity index (χ0v) is 9.94. The third-order valence-electron chi connectivity index (χ3n) is 2.54. The van der Waals surface area contributed by atoms with Crippen LogP contribution >= 0.6 is 11.6 Å². The predicted octanol–water partition coefficient (Wildman–Crippen LogP) is 1.30. The molecule has 0 bridgehead atoms. The molecule has 2 N–H and O–H groups in total. The number of ether oxygens (including phenoxy) is 1. The highest BCUT2D eigenvalue weighted by molar-refractivity contribution is 6.31. The number of hydrogen-bond donors (Lipinski definition) is 2. The molecule has 2 heterocycles. The van der Waals surface area contributed by atoms with Crippen molar-refractivity contribution < 1.29 is 20.1 Å². The first-order chi connectivity index (χ1) is 10.2. The minimum Gasteiger partial charge on any atom is -0.480 e. The molecule has 0 spiro atoms. The average Bonchev–Trinajstić information content (AvgIpc) is 2.82. The van der Waals surface area contributed by atoms with Crippen LogP contribution in [0.2, 0.25) is 5.02 Å². The summed E-state index contributed by atoms with van der Waals surface area (Å²) in [5.74, 6) is -0.455. The number of carbonyl (C=O) groups is 1. The smallest absolute Gasteiger partial charge is 0.407 e. The van der Waals surface area contributed by atoms with Gasteiger partial charge in [-0.3, -0.25) is 0 Å². The van der Waals surface area contributed by atoms with Crippen LogP contribution in [0, 0.1) is 0 Å². The van der Waals surface area contributed by atoms with Gasteiger partial charge in [-0.1, -0.05) is 11.6 Å². The van der Waals surface area contributed by atoms with Gasteiger partial charge in [0, 0.05) is 19.1 Å². The van der Waals surface area contributed by atoms with Gasteiger partial charge >= 0.3 is 6.09 Å². The van der Waals surface area contributed by atoms with Crippen molar-refractivity contribution in [2.24, 2.45) is 0 Å². The Balaban J connectivity index is 2.13. The Hall–Kier alpha value is -1.76. The van der Waals surface area contributed by atoms with E-state index < -0.39 is 19.0 Å². The van der Waals surface area contributed by atoms with Crippen LogP contribution in [0.4, 0.5) is 10.7 Å². The summed E-state index contributed by atoms with van der Waals surface area (Å²) in [6.45, 7) is 0.608. The number of carboxylic acid groups (broad SMARTS) is 1. The molecule has 1 aromatic heterocycles. The maximum absolute atomic E-state index is 10.8. The van der Waals surface area contributed by atoms with Crippen molar-refractivity contribution in [2.45, 2.75) is 12.5 Å². The standard InChI is InChI=1S/C10H13ClN4O3/c1-18-8-7(11)4-12-9(14-8)13-6-2-3-15(5-6)10(16)17/h4,6H,2-3,5H2,1H3,(H,16,17)(H,12,13,14)/t6-/m0/s1/i1D3,4D. The maximum atomic E-state index is 10.8. The molecule has 0 unspecified atom stereocenters. The van der Waals surface area contributed by atoms with Crippen molar-refractivity contribution in [3.63, 3.8) is 0 Å². The molecule has 0 aromatic carbocycles. The monoisotopic (exact) mass is 276 g/mol. The molecular formula is C10H13ClN4O3. The van der Waals surface area contributed by atoms with Gasteiger partial charge in [-0.2, -0.15) is 4.98 Å². The van der Waals surface area contributed by atoms with Crippen molar-refractivity contribution >= 4 is 23.6 Å². The molecule has 1 aromatic rings. The Labute approximate surface area is 114 Å². The lowest BCUT2D eigenvalue weighted by molar-refractivity contribution is 0.155. The lowest BCUT2D eigenvalue weighted by Gasteiger charge is -2.14. The number of halogens is 1. The lowest BCUT2D eigenvalue weighted by Crippen LogP contribution is -2.30. The lowest BCUT2D eigenvalue weighted by atomic mass is 10.3. The van der Waals surface area contributed by atoms with Gasteiger partial charge in [0.15, 0.2) is 0 Å². The minimum absolute atomic E-state index is 0.0362. The summed E-state index contributed by atoms with van der Waals surface area (Å²) in [6.07, 6.45) is -0.860. The van der Waals surface area contributed by atoms with E-state index in [2.05, 4.69) is 20.0 Å². The summed E-state index contributed by atoms with van der Waals surface area (Å²) in [5.41, 5.74) is 0.